The summed E-state index contributed by atoms with van der Waals surface area (Å²) in [6.07, 6.45) is 1.60. The minimum Gasteiger partial charge on any atom is -0.467 e. The largest absolute Gasteiger partial charge is 0.467 e. The number of benzene rings is 2. The van der Waals surface area contributed by atoms with Gasteiger partial charge in [0, 0.05) is 10.4 Å². The molecule has 0 saturated carbocycles. The molecule has 2 aromatic carbocycles. The number of anilines is 1. The molecule has 28 heavy (non-hydrogen) atoms. The highest BCUT2D eigenvalue weighted by Crippen LogP contribution is 2.29. The van der Waals surface area contributed by atoms with E-state index >= 15 is 0 Å². The zero-order valence-corrected chi connectivity index (χ0v) is 15.2. The Balaban J connectivity index is 1.75. The molecule has 0 fully saturated rings. The smallest absolute Gasteiger partial charge is 0.211 e. The molecule has 6 nitrogen and oxygen atoms in total. The number of furan rings is 1. The summed E-state index contributed by atoms with van der Waals surface area (Å²) in [5.41, 5.74) is 1.56. The molecule has 0 unspecified atom stereocenters. The van der Waals surface area contributed by atoms with Crippen LogP contribution >= 0.6 is 11.6 Å². The number of aromatic nitrogens is 4. The predicted octanol–water partition coefficient (Wildman–Crippen LogP) is 4.94. The quantitative estimate of drug-likeness (QED) is 0.468. The van der Waals surface area contributed by atoms with Crippen molar-refractivity contribution in [2.75, 3.05) is 5.32 Å². The maximum atomic E-state index is 14.4. The lowest BCUT2D eigenvalue weighted by Crippen LogP contribution is -2.08. The van der Waals surface area contributed by atoms with Crippen LogP contribution in [-0.2, 0) is 6.54 Å². The van der Waals surface area contributed by atoms with Crippen molar-refractivity contribution in [3.05, 3.63) is 77.5 Å². The molecule has 0 saturated heterocycles. The maximum Gasteiger partial charge on any atom is 0.211 e. The van der Waals surface area contributed by atoms with Crippen LogP contribution in [0.1, 0.15) is 5.76 Å². The van der Waals surface area contributed by atoms with E-state index in [0.717, 1.165) is 11.1 Å². The van der Waals surface area contributed by atoms with Gasteiger partial charge < -0.3 is 9.73 Å². The fraction of sp³-hybridized carbons (Fsp3) is 0.0500. The van der Waals surface area contributed by atoms with Gasteiger partial charge in [0.1, 0.15) is 11.6 Å². The highest BCUT2D eigenvalue weighted by Gasteiger charge is 2.18. The first-order valence-electron chi connectivity index (χ1n) is 8.56. The number of fused-ring (bicyclic) bond motifs is 3. The molecule has 0 aliphatic heterocycles. The zero-order valence-electron chi connectivity index (χ0n) is 14.4. The van der Waals surface area contributed by atoms with Crippen LogP contribution in [0.5, 0.6) is 0 Å². The summed E-state index contributed by atoms with van der Waals surface area (Å²) in [7, 11) is 0. The molecule has 138 valence electrons. The number of nitrogens with one attached hydrogen (secondary N) is 1. The Morgan fingerprint density at radius 2 is 1.96 bits per heavy atom. The summed E-state index contributed by atoms with van der Waals surface area (Å²) in [6.45, 7) is 0.399. The molecule has 5 aromatic rings. The van der Waals surface area contributed by atoms with Crippen LogP contribution in [0, 0.1) is 5.82 Å². The average molecular weight is 394 g/mol. The second-order valence-electron chi connectivity index (χ2n) is 6.19. The summed E-state index contributed by atoms with van der Waals surface area (Å²) in [6, 6.07) is 15.4. The summed E-state index contributed by atoms with van der Waals surface area (Å²) in [5, 5.41) is 13.1. The first-order chi connectivity index (χ1) is 13.7. The van der Waals surface area contributed by atoms with Crippen molar-refractivity contribution in [1.82, 2.24) is 19.6 Å². The van der Waals surface area contributed by atoms with Crippen LogP contribution in [0.2, 0.25) is 5.02 Å². The molecule has 3 aromatic heterocycles. The lowest BCUT2D eigenvalue weighted by Gasteiger charge is -2.11. The molecule has 0 spiro atoms. The molecule has 0 radical (unpaired) electrons. The number of halogens is 2. The molecular formula is C20H13ClFN5O. The second-order valence-corrected chi connectivity index (χ2v) is 6.63. The Morgan fingerprint density at radius 1 is 1.07 bits per heavy atom. The van der Waals surface area contributed by atoms with Crippen LogP contribution < -0.4 is 5.32 Å². The first kappa shape index (κ1) is 16.7. The highest BCUT2D eigenvalue weighted by molar-refractivity contribution is 6.31. The minimum atomic E-state index is -0.384. The van der Waals surface area contributed by atoms with E-state index in [1.165, 1.54) is 6.07 Å². The van der Waals surface area contributed by atoms with Crippen LogP contribution in [-0.4, -0.2) is 19.6 Å². The molecule has 0 aliphatic carbocycles. The van der Waals surface area contributed by atoms with Gasteiger partial charge in [0.25, 0.3) is 0 Å². The fourth-order valence-electron chi connectivity index (χ4n) is 3.12. The van der Waals surface area contributed by atoms with Crippen molar-refractivity contribution in [3.63, 3.8) is 0 Å². The molecule has 3 heterocycles. The van der Waals surface area contributed by atoms with E-state index < -0.39 is 0 Å². The number of hydrogen-bond donors (Lipinski definition) is 1. The van der Waals surface area contributed by atoms with Crippen LogP contribution in [0.15, 0.2) is 65.3 Å². The van der Waals surface area contributed by atoms with E-state index in [1.54, 1.807) is 41.0 Å². The lowest BCUT2D eigenvalue weighted by molar-refractivity contribution is 0.517. The van der Waals surface area contributed by atoms with Gasteiger partial charge in [0.2, 0.25) is 5.95 Å². The Hall–Kier alpha value is -3.45. The van der Waals surface area contributed by atoms with Crippen molar-refractivity contribution in [1.29, 1.82) is 0 Å². The average Bonchev–Trinajstić information content (AvgIpc) is 3.36. The van der Waals surface area contributed by atoms with E-state index in [2.05, 4.69) is 20.5 Å². The van der Waals surface area contributed by atoms with Gasteiger partial charge in [0.15, 0.2) is 11.5 Å². The lowest BCUT2D eigenvalue weighted by atomic mass is 10.2. The third-order valence-electron chi connectivity index (χ3n) is 4.42. The van der Waals surface area contributed by atoms with Gasteiger partial charge in [-0.05, 0) is 42.5 Å². The number of nitrogens with zero attached hydrogens (tertiary/aromatic N) is 4. The topological polar surface area (TPSA) is 68.2 Å². The van der Waals surface area contributed by atoms with Gasteiger partial charge in [-0.2, -0.15) is 0 Å². The third-order valence-corrected chi connectivity index (χ3v) is 4.65. The minimum absolute atomic E-state index is 0.339. The molecule has 0 bridgehead atoms. The van der Waals surface area contributed by atoms with Crippen molar-refractivity contribution >= 4 is 34.1 Å². The first-order valence-corrected chi connectivity index (χ1v) is 8.94. The monoisotopic (exact) mass is 393 g/mol. The van der Waals surface area contributed by atoms with Gasteiger partial charge in [-0.1, -0.05) is 23.7 Å². The standard InChI is InChI=1S/C20H13ClFN5O/c21-12-7-8-15-17(10-12)24-20(23-11-13-4-3-9-28-13)27-18(25-26-19(15)27)14-5-1-2-6-16(14)22/h1-10H,11H2,(H,23,24). The SMILES string of the molecule is Fc1ccccc1-c1nnc2c3ccc(Cl)cc3nc(NCc3ccco3)n12. The molecule has 0 aliphatic rings. The molecule has 5 rings (SSSR count). The highest BCUT2D eigenvalue weighted by atomic mass is 35.5. The predicted molar refractivity (Wildman–Crippen MR) is 105 cm³/mol. The van der Waals surface area contributed by atoms with E-state index in [0.29, 0.717) is 40.1 Å². The van der Waals surface area contributed by atoms with E-state index in [-0.39, 0.29) is 5.82 Å². The summed E-state index contributed by atoms with van der Waals surface area (Å²) in [4.78, 5) is 4.67. The van der Waals surface area contributed by atoms with Crippen LogP contribution in [0.3, 0.4) is 0 Å². The zero-order chi connectivity index (χ0) is 19.1. The molecule has 0 amide bonds. The van der Waals surface area contributed by atoms with Gasteiger partial charge in [-0.15, -0.1) is 10.2 Å². The van der Waals surface area contributed by atoms with Crippen molar-refractivity contribution in [2.45, 2.75) is 6.54 Å². The van der Waals surface area contributed by atoms with Crippen molar-refractivity contribution in [3.8, 4) is 11.4 Å². The summed E-state index contributed by atoms with van der Waals surface area (Å²) >= 11 is 6.13. The van der Waals surface area contributed by atoms with E-state index in [1.807, 2.05) is 18.2 Å². The van der Waals surface area contributed by atoms with Gasteiger partial charge >= 0.3 is 0 Å². The van der Waals surface area contributed by atoms with Gasteiger partial charge in [0.05, 0.1) is 23.9 Å². The molecular weight excluding hydrogens is 381 g/mol. The Labute approximate surface area is 163 Å². The van der Waals surface area contributed by atoms with Crippen molar-refractivity contribution in [2.24, 2.45) is 0 Å². The Kier molecular flexibility index (Phi) is 3.95. The van der Waals surface area contributed by atoms with Crippen LogP contribution in [0.4, 0.5) is 10.3 Å². The Bertz CT molecular complexity index is 1300. The molecule has 1 N–H and O–H groups in total. The maximum absolute atomic E-state index is 14.4. The third kappa shape index (κ3) is 2.76. The molecule has 0 atom stereocenters. The van der Waals surface area contributed by atoms with Crippen LogP contribution in [0.25, 0.3) is 27.9 Å². The van der Waals surface area contributed by atoms with E-state index in [9.17, 15) is 4.39 Å². The normalized spacial score (nSPS) is 11.4. The summed E-state index contributed by atoms with van der Waals surface area (Å²) < 4.78 is 21.5. The number of rotatable bonds is 4. The molecule has 8 heteroatoms. The number of hydrogen-bond acceptors (Lipinski definition) is 5. The van der Waals surface area contributed by atoms with Gasteiger partial charge in [-0.25, -0.2) is 13.8 Å². The summed E-state index contributed by atoms with van der Waals surface area (Å²) in [5.74, 6) is 1.18. The van der Waals surface area contributed by atoms with Crippen molar-refractivity contribution < 1.29 is 8.81 Å². The Morgan fingerprint density at radius 3 is 2.79 bits per heavy atom. The van der Waals surface area contributed by atoms with Gasteiger partial charge in [-0.3, -0.25) is 0 Å². The second kappa shape index (κ2) is 6.61. The fourth-order valence-corrected chi connectivity index (χ4v) is 3.29. The van der Waals surface area contributed by atoms with E-state index in [4.69, 9.17) is 16.0 Å².